The molecule has 0 aromatic heterocycles. The largest absolute Gasteiger partial charge is 0.472 e. The smallest absolute Gasteiger partial charge is 0.462 e. The number of carbonyl (C=O) groups excluding carboxylic acids is 2. The Labute approximate surface area is 333 Å². The molecule has 10 heteroatoms. The highest BCUT2D eigenvalue weighted by Crippen LogP contribution is 2.43. The molecule has 9 nitrogen and oxygen atoms in total. The van der Waals surface area contributed by atoms with Gasteiger partial charge in [-0.05, 0) is 89.9 Å². The molecule has 2 atom stereocenters. The Morgan fingerprint density at radius 3 is 1.44 bits per heavy atom. The molecule has 0 rings (SSSR count). The third kappa shape index (κ3) is 40.2. The summed E-state index contributed by atoms with van der Waals surface area (Å²) in [4.78, 5) is 34.8. The Hall–Kier alpha value is -3.33. The van der Waals surface area contributed by atoms with Crippen LogP contribution in [-0.2, 0) is 32.7 Å². The first-order valence-electron chi connectivity index (χ1n) is 20.4. The van der Waals surface area contributed by atoms with Crippen molar-refractivity contribution in [2.45, 2.75) is 136 Å². The normalized spacial score (nSPS) is 14.5. The molecule has 3 N–H and O–H groups in total. The van der Waals surface area contributed by atoms with Crippen LogP contribution in [-0.4, -0.2) is 49.3 Å². The second kappa shape index (κ2) is 40.3. The van der Waals surface area contributed by atoms with E-state index < -0.39 is 32.5 Å². The van der Waals surface area contributed by atoms with Gasteiger partial charge in [0.25, 0.3) is 0 Å². The molecule has 0 spiro atoms. The highest BCUT2D eigenvalue weighted by Gasteiger charge is 2.25. The Balaban J connectivity index is 4.36. The van der Waals surface area contributed by atoms with Gasteiger partial charge in [-0.25, -0.2) is 4.57 Å². The van der Waals surface area contributed by atoms with Crippen LogP contribution in [0.25, 0.3) is 0 Å². The van der Waals surface area contributed by atoms with Crippen LogP contribution in [0.2, 0.25) is 0 Å². The first kappa shape index (κ1) is 51.7. The van der Waals surface area contributed by atoms with E-state index in [1.165, 1.54) is 0 Å². The molecule has 0 heterocycles. The average Bonchev–Trinajstić information content (AvgIpc) is 3.17. The van der Waals surface area contributed by atoms with E-state index in [9.17, 15) is 19.0 Å². The van der Waals surface area contributed by atoms with Crippen molar-refractivity contribution >= 4 is 19.8 Å². The molecule has 0 aliphatic carbocycles. The molecule has 0 aromatic carbocycles. The van der Waals surface area contributed by atoms with Gasteiger partial charge < -0.3 is 20.1 Å². The molecule has 0 aromatic rings. The SMILES string of the molecule is CC/C=C\C/C=C\C/C=C\C/C=C\C/C=C\CCCC(=O)O[C@H](COC(=O)CCCCCC/C=C\C/C=C\C/C=C\C/C=C\CC)COP(=O)(O)OCCN. The summed E-state index contributed by atoms with van der Waals surface area (Å²) >= 11 is 0. The van der Waals surface area contributed by atoms with Gasteiger partial charge in [0.15, 0.2) is 6.10 Å². The van der Waals surface area contributed by atoms with Gasteiger partial charge in [-0.3, -0.25) is 18.6 Å². The number of phosphoric ester groups is 1. The molecule has 0 fully saturated rings. The molecule has 310 valence electrons. The van der Waals surface area contributed by atoms with Crippen LogP contribution in [0.1, 0.15) is 129 Å². The van der Waals surface area contributed by atoms with E-state index >= 15 is 0 Å². The minimum atomic E-state index is -4.40. The number of esters is 2. The van der Waals surface area contributed by atoms with Gasteiger partial charge in [0.05, 0.1) is 13.2 Å². The van der Waals surface area contributed by atoms with E-state index in [1.807, 2.05) is 6.08 Å². The van der Waals surface area contributed by atoms with Crippen LogP contribution < -0.4 is 5.73 Å². The Morgan fingerprint density at radius 1 is 0.545 bits per heavy atom. The molecule has 0 amide bonds. The summed E-state index contributed by atoms with van der Waals surface area (Å²) in [5.74, 6) is -0.939. The summed E-state index contributed by atoms with van der Waals surface area (Å²) in [6.45, 7) is 3.37. The van der Waals surface area contributed by atoms with Gasteiger partial charge in [0, 0.05) is 19.4 Å². The van der Waals surface area contributed by atoms with Crippen molar-refractivity contribution in [2.75, 3.05) is 26.4 Å². The molecular formula is C45H72NO8P. The maximum atomic E-state index is 12.5. The molecule has 1 unspecified atom stereocenters. The van der Waals surface area contributed by atoms with Gasteiger partial charge in [-0.15, -0.1) is 0 Å². The van der Waals surface area contributed by atoms with Gasteiger partial charge in [0.1, 0.15) is 6.61 Å². The van der Waals surface area contributed by atoms with Crippen molar-refractivity contribution in [1.29, 1.82) is 0 Å². The molecule has 0 radical (unpaired) electrons. The van der Waals surface area contributed by atoms with E-state index in [4.69, 9.17) is 24.3 Å². The summed E-state index contributed by atoms with van der Waals surface area (Å²) in [5, 5.41) is 0. The van der Waals surface area contributed by atoms with Crippen molar-refractivity contribution in [3.8, 4) is 0 Å². The summed E-state index contributed by atoms with van der Waals surface area (Å²) < 4.78 is 32.6. The third-order valence-corrected chi connectivity index (χ3v) is 8.64. The Morgan fingerprint density at radius 2 is 0.964 bits per heavy atom. The van der Waals surface area contributed by atoms with E-state index in [2.05, 4.69) is 117 Å². The predicted octanol–water partition coefficient (Wildman–Crippen LogP) is 11.6. The van der Waals surface area contributed by atoms with Crippen molar-refractivity contribution in [1.82, 2.24) is 0 Å². The minimum absolute atomic E-state index is 0.0340. The van der Waals surface area contributed by atoms with Crippen LogP contribution in [0.3, 0.4) is 0 Å². The number of hydrogen-bond donors (Lipinski definition) is 2. The van der Waals surface area contributed by atoms with Crippen molar-refractivity contribution in [3.05, 3.63) is 109 Å². The second-order valence-corrected chi connectivity index (χ2v) is 14.2. The van der Waals surface area contributed by atoms with Crippen LogP contribution in [0.4, 0.5) is 0 Å². The van der Waals surface area contributed by atoms with E-state index in [-0.39, 0.29) is 32.6 Å². The molecule has 0 aliphatic rings. The van der Waals surface area contributed by atoms with E-state index in [0.29, 0.717) is 19.3 Å². The van der Waals surface area contributed by atoms with Crippen LogP contribution in [0.5, 0.6) is 0 Å². The number of nitrogens with two attached hydrogens (primary N) is 1. The van der Waals surface area contributed by atoms with Crippen LogP contribution >= 0.6 is 7.82 Å². The minimum Gasteiger partial charge on any atom is -0.462 e. The number of ether oxygens (including phenoxy) is 2. The molecular weight excluding hydrogens is 713 g/mol. The number of phosphoric acid groups is 1. The highest BCUT2D eigenvalue weighted by atomic mass is 31.2. The van der Waals surface area contributed by atoms with Crippen LogP contribution in [0, 0.1) is 0 Å². The molecule has 0 saturated carbocycles. The zero-order valence-electron chi connectivity index (χ0n) is 33.9. The first-order chi connectivity index (χ1) is 26.8. The average molecular weight is 786 g/mol. The molecule has 0 bridgehead atoms. The fourth-order valence-corrected chi connectivity index (χ4v) is 5.48. The Bertz CT molecular complexity index is 1260. The van der Waals surface area contributed by atoms with Gasteiger partial charge >= 0.3 is 19.8 Å². The first-order valence-corrected chi connectivity index (χ1v) is 21.9. The summed E-state index contributed by atoms with van der Waals surface area (Å²) in [7, 11) is -4.40. The number of hydrogen-bond acceptors (Lipinski definition) is 8. The number of rotatable bonds is 36. The Kier molecular flexibility index (Phi) is 37.9. The van der Waals surface area contributed by atoms with Crippen LogP contribution in [0.15, 0.2) is 109 Å². The fraction of sp³-hybridized carbons (Fsp3) is 0.556. The number of carbonyl (C=O) groups is 2. The van der Waals surface area contributed by atoms with Gasteiger partial charge in [0.2, 0.25) is 0 Å². The van der Waals surface area contributed by atoms with Crippen molar-refractivity contribution < 1.29 is 37.6 Å². The molecule has 55 heavy (non-hydrogen) atoms. The lowest BCUT2D eigenvalue weighted by molar-refractivity contribution is -0.161. The summed E-state index contributed by atoms with van der Waals surface area (Å²) in [6, 6.07) is 0. The highest BCUT2D eigenvalue weighted by molar-refractivity contribution is 7.47. The zero-order chi connectivity index (χ0) is 40.3. The standard InChI is InChI=1S/C45H72NO8P/c1-3-5-7-9-11-13-15-17-19-21-23-25-27-29-31-33-35-37-44(47)51-41-43(42-53-55(49,50)52-40-39-46)54-45(48)38-36-34-32-30-28-26-24-22-20-18-16-14-12-10-8-6-4-2/h5-8,11-14,17-20,23-26,30,32,43H,3-4,9-10,15-16,21-22,27-29,31,33-42,46H2,1-2H3,(H,49,50)/b7-5-,8-6-,13-11-,14-12-,19-17-,20-18-,25-23-,26-24-,32-30-/t43-/m1/s1. The fourth-order valence-electron chi connectivity index (χ4n) is 4.72. The van der Waals surface area contributed by atoms with E-state index in [1.54, 1.807) is 0 Å². The predicted molar refractivity (Wildman–Crippen MR) is 228 cm³/mol. The number of unbranched alkanes of at least 4 members (excludes halogenated alkanes) is 5. The monoisotopic (exact) mass is 785 g/mol. The zero-order valence-corrected chi connectivity index (χ0v) is 34.7. The van der Waals surface area contributed by atoms with Crippen molar-refractivity contribution in [2.24, 2.45) is 5.73 Å². The topological polar surface area (TPSA) is 134 Å². The van der Waals surface area contributed by atoms with Gasteiger partial charge in [-0.1, -0.05) is 136 Å². The maximum absolute atomic E-state index is 12.5. The molecule has 0 aliphatic heterocycles. The lowest BCUT2D eigenvalue weighted by Gasteiger charge is -2.19. The second-order valence-electron chi connectivity index (χ2n) is 12.7. The van der Waals surface area contributed by atoms with Crippen molar-refractivity contribution in [3.63, 3.8) is 0 Å². The lowest BCUT2D eigenvalue weighted by Crippen LogP contribution is -2.29. The van der Waals surface area contributed by atoms with E-state index in [0.717, 1.165) is 83.5 Å². The summed E-state index contributed by atoms with van der Waals surface area (Å²) in [5.41, 5.74) is 5.33. The summed E-state index contributed by atoms with van der Waals surface area (Å²) in [6.07, 6.45) is 52.7. The lowest BCUT2D eigenvalue weighted by atomic mass is 10.1. The third-order valence-electron chi connectivity index (χ3n) is 7.65. The molecule has 0 saturated heterocycles. The quantitative estimate of drug-likeness (QED) is 0.0275. The number of allylic oxidation sites excluding steroid dienone is 18. The van der Waals surface area contributed by atoms with Gasteiger partial charge in [-0.2, -0.15) is 0 Å². The maximum Gasteiger partial charge on any atom is 0.472 e.